The van der Waals surface area contributed by atoms with Crippen LogP contribution in [0, 0.1) is 13.8 Å². The summed E-state index contributed by atoms with van der Waals surface area (Å²) in [6.45, 7) is 4.79. The quantitative estimate of drug-likeness (QED) is 0.743. The molecular formula is C20H23ClN2O4S. The minimum Gasteiger partial charge on any atom is -0.376 e. The van der Waals surface area contributed by atoms with Gasteiger partial charge in [-0.25, -0.2) is 8.42 Å². The van der Waals surface area contributed by atoms with Gasteiger partial charge in [0, 0.05) is 18.7 Å². The Balaban J connectivity index is 1.81. The summed E-state index contributed by atoms with van der Waals surface area (Å²) in [6.07, 6.45) is 1.89. The summed E-state index contributed by atoms with van der Waals surface area (Å²) in [7, 11) is -3.96. The predicted octanol–water partition coefficient (Wildman–Crippen LogP) is 3.67. The first-order chi connectivity index (χ1) is 13.3. The van der Waals surface area contributed by atoms with Crippen LogP contribution in [0.2, 0.25) is 5.02 Å². The molecule has 1 amide bonds. The van der Waals surface area contributed by atoms with Crippen LogP contribution in [0.25, 0.3) is 0 Å². The molecule has 8 heteroatoms. The molecule has 0 bridgehead atoms. The summed E-state index contributed by atoms with van der Waals surface area (Å²) in [5.74, 6) is -0.365. The number of hydrogen-bond acceptors (Lipinski definition) is 4. The third-order valence-corrected chi connectivity index (χ3v) is 6.48. The minimum absolute atomic E-state index is 0.00501. The van der Waals surface area contributed by atoms with E-state index in [2.05, 4.69) is 10.0 Å². The first-order valence-corrected chi connectivity index (χ1v) is 10.9. The van der Waals surface area contributed by atoms with Gasteiger partial charge in [-0.1, -0.05) is 23.7 Å². The Hall–Kier alpha value is -2.09. The Morgan fingerprint density at radius 3 is 2.71 bits per heavy atom. The molecule has 1 saturated heterocycles. The molecule has 6 nitrogen and oxygen atoms in total. The van der Waals surface area contributed by atoms with E-state index in [-0.39, 0.29) is 27.5 Å². The summed E-state index contributed by atoms with van der Waals surface area (Å²) in [4.78, 5) is 12.3. The van der Waals surface area contributed by atoms with E-state index < -0.39 is 10.0 Å². The number of ether oxygens (including phenoxy) is 1. The van der Waals surface area contributed by atoms with E-state index in [9.17, 15) is 13.2 Å². The van der Waals surface area contributed by atoms with Crippen molar-refractivity contribution in [2.45, 2.75) is 37.7 Å². The van der Waals surface area contributed by atoms with Crippen LogP contribution in [0.5, 0.6) is 0 Å². The van der Waals surface area contributed by atoms with E-state index in [4.69, 9.17) is 16.3 Å². The largest absolute Gasteiger partial charge is 0.376 e. The number of amides is 1. The molecule has 0 aromatic heterocycles. The summed E-state index contributed by atoms with van der Waals surface area (Å²) in [5, 5.41) is 2.83. The van der Waals surface area contributed by atoms with E-state index in [1.165, 1.54) is 18.2 Å². The fourth-order valence-electron chi connectivity index (χ4n) is 3.01. The topological polar surface area (TPSA) is 84.5 Å². The van der Waals surface area contributed by atoms with Crippen LogP contribution in [0.3, 0.4) is 0 Å². The van der Waals surface area contributed by atoms with E-state index in [0.29, 0.717) is 18.8 Å². The number of halogens is 1. The van der Waals surface area contributed by atoms with Crippen molar-refractivity contribution >= 4 is 33.2 Å². The first-order valence-electron chi connectivity index (χ1n) is 9.06. The van der Waals surface area contributed by atoms with Crippen molar-refractivity contribution in [1.29, 1.82) is 0 Å². The Kier molecular flexibility index (Phi) is 6.27. The molecule has 1 aliphatic rings. The lowest BCUT2D eigenvalue weighted by Gasteiger charge is -2.14. The molecule has 0 aliphatic carbocycles. The number of benzene rings is 2. The second-order valence-electron chi connectivity index (χ2n) is 6.91. The average molecular weight is 423 g/mol. The zero-order valence-electron chi connectivity index (χ0n) is 15.8. The molecule has 1 aliphatic heterocycles. The van der Waals surface area contributed by atoms with Crippen molar-refractivity contribution in [2.75, 3.05) is 17.9 Å². The van der Waals surface area contributed by atoms with Crippen LogP contribution in [-0.2, 0) is 14.8 Å². The highest BCUT2D eigenvalue weighted by Crippen LogP contribution is 2.27. The fourth-order valence-corrected chi connectivity index (χ4v) is 4.66. The van der Waals surface area contributed by atoms with E-state index >= 15 is 0 Å². The lowest BCUT2D eigenvalue weighted by atomic mass is 10.1. The average Bonchev–Trinajstić information content (AvgIpc) is 3.16. The van der Waals surface area contributed by atoms with Crippen molar-refractivity contribution in [2.24, 2.45) is 0 Å². The van der Waals surface area contributed by atoms with Gasteiger partial charge in [-0.15, -0.1) is 0 Å². The fraction of sp³-hybridized carbons (Fsp3) is 0.350. The molecule has 0 radical (unpaired) electrons. The van der Waals surface area contributed by atoms with Gasteiger partial charge in [-0.3, -0.25) is 9.52 Å². The van der Waals surface area contributed by atoms with E-state index in [1.807, 2.05) is 26.0 Å². The Morgan fingerprint density at radius 1 is 1.21 bits per heavy atom. The standard InChI is InChI=1S/C20H23ClN2O4S/c1-13-5-6-14(2)18(10-13)23-28(25,26)19-11-15(7-8-17(19)21)20(24)22-12-16-4-3-9-27-16/h5-8,10-11,16,23H,3-4,9,12H2,1-2H3,(H,22,24)/t16-/m1/s1. The maximum absolute atomic E-state index is 12.9. The number of carbonyl (C=O) groups is 1. The minimum atomic E-state index is -3.96. The zero-order valence-corrected chi connectivity index (χ0v) is 17.4. The van der Waals surface area contributed by atoms with Crippen LogP contribution >= 0.6 is 11.6 Å². The number of hydrogen-bond donors (Lipinski definition) is 2. The molecule has 150 valence electrons. The van der Waals surface area contributed by atoms with Gasteiger partial charge in [0.05, 0.1) is 16.8 Å². The Morgan fingerprint density at radius 2 is 2.00 bits per heavy atom. The SMILES string of the molecule is Cc1ccc(C)c(NS(=O)(=O)c2cc(C(=O)NC[C@H]3CCCO3)ccc2Cl)c1. The highest BCUT2D eigenvalue weighted by molar-refractivity contribution is 7.92. The molecule has 2 N–H and O–H groups in total. The molecule has 2 aromatic rings. The van der Waals surface area contributed by atoms with Crippen LogP contribution in [0.4, 0.5) is 5.69 Å². The molecule has 0 spiro atoms. The molecule has 3 rings (SSSR count). The van der Waals surface area contributed by atoms with Gasteiger partial charge in [0.15, 0.2) is 0 Å². The highest BCUT2D eigenvalue weighted by Gasteiger charge is 2.22. The number of carbonyl (C=O) groups excluding carboxylic acids is 1. The lowest BCUT2D eigenvalue weighted by Crippen LogP contribution is -2.31. The van der Waals surface area contributed by atoms with Gasteiger partial charge in [-0.2, -0.15) is 0 Å². The van der Waals surface area contributed by atoms with Crippen molar-refractivity contribution in [3.05, 3.63) is 58.1 Å². The van der Waals surface area contributed by atoms with Gasteiger partial charge in [-0.05, 0) is 62.1 Å². The first kappa shape index (κ1) is 20.6. The maximum atomic E-state index is 12.9. The molecule has 1 heterocycles. The molecule has 1 fully saturated rings. The van der Waals surface area contributed by atoms with Crippen LogP contribution in [0.1, 0.15) is 34.3 Å². The van der Waals surface area contributed by atoms with Crippen LogP contribution < -0.4 is 10.0 Å². The number of rotatable bonds is 6. The number of anilines is 1. The van der Waals surface area contributed by atoms with Crippen molar-refractivity contribution in [3.8, 4) is 0 Å². The normalized spacial score (nSPS) is 16.8. The maximum Gasteiger partial charge on any atom is 0.263 e. The van der Waals surface area contributed by atoms with Crippen LogP contribution in [-0.4, -0.2) is 33.6 Å². The monoisotopic (exact) mass is 422 g/mol. The van der Waals surface area contributed by atoms with Crippen molar-refractivity contribution in [3.63, 3.8) is 0 Å². The van der Waals surface area contributed by atoms with Gasteiger partial charge >= 0.3 is 0 Å². The number of sulfonamides is 1. The second kappa shape index (κ2) is 8.51. The third-order valence-electron chi connectivity index (χ3n) is 4.63. The summed E-state index contributed by atoms with van der Waals surface area (Å²) >= 11 is 6.13. The molecule has 0 saturated carbocycles. The molecule has 28 heavy (non-hydrogen) atoms. The zero-order chi connectivity index (χ0) is 20.3. The predicted molar refractivity (Wildman–Crippen MR) is 109 cm³/mol. The third kappa shape index (κ3) is 4.84. The smallest absolute Gasteiger partial charge is 0.263 e. The summed E-state index contributed by atoms with van der Waals surface area (Å²) in [5.41, 5.74) is 2.42. The van der Waals surface area contributed by atoms with E-state index in [0.717, 1.165) is 24.0 Å². The summed E-state index contributed by atoms with van der Waals surface area (Å²) < 4.78 is 33.8. The highest BCUT2D eigenvalue weighted by atomic mass is 35.5. The Bertz CT molecular complexity index is 986. The molecule has 2 aromatic carbocycles. The van der Waals surface area contributed by atoms with Gasteiger partial charge in [0.2, 0.25) is 0 Å². The van der Waals surface area contributed by atoms with Gasteiger partial charge in [0.25, 0.3) is 15.9 Å². The van der Waals surface area contributed by atoms with E-state index in [1.54, 1.807) is 6.07 Å². The number of aryl methyl sites for hydroxylation is 2. The van der Waals surface area contributed by atoms with Gasteiger partial charge < -0.3 is 10.1 Å². The lowest BCUT2D eigenvalue weighted by molar-refractivity contribution is 0.0857. The molecule has 1 atom stereocenters. The van der Waals surface area contributed by atoms with Crippen LogP contribution in [0.15, 0.2) is 41.3 Å². The molecular weight excluding hydrogens is 400 g/mol. The van der Waals surface area contributed by atoms with Crippen molar-refractivity contribution in [1.82, 2.24) is 5.32 Å². The van der Waals surface area contributed by atoms with Crippen molar-refractivity contribution < 1.29 is 17.9 Å². The number of nitrogens with one attached hydrogen (secondary N) is 2. The van der Waals surface area contributed by atoms with Gasteiger partial charge in [0.1, 0.15) is 4.90 Å². The molecule has 0 unspecified atom stereocenters. The Labute approximate surface area is 170 Å². The summed E-state index contributed by atoms with van der Waals surface area (Å²) in [6, 6.07) is 9.70. The second-order valence-corrected chi connectivity index (χ2v) is 8.97.